The highest BCUT2D eigenvalue weighted by molar-refractivity contribution is 6.01. The van der Waals surface area contributed by atoms with Crippen molar-refractivity contribution >= 4 is 23.2 Å². The van der Waals surface area contributed by atoms with Gasteiger partial charge in [0.2, 0.25) is 5.91 Å². The van der Waals surface area contributed by atoms with Gasteiger partial charge >= 0.3 is 0 Å². The Balaban J connectivity index is 1.69. The van der Waals surface area contributed by atoms with Crippen molar-refractivity contribution in [3.05, 3.63) is 53.6 Å². The van der Waals surface area contributed by atoms with Crippen LogP contribution in [0, 0.1) is 13.8 Å². The Hall–Kier alpha value is -2.82. The van der Waals surface area contributed by atoms with Crippen LogP contribution in [0.3, 0.4) is 0 Å². The van der Waals surface area contributed by atoms with Gasteiger partial charge in [-0.3, -0.25) is 9.59 Å². The van der Waals surface area contributed by atoms with E-state index in [2.05, 4.69) is 5.32 Å². The van der Waals surface area contributed by atoms with Crippen LogP contribution in [-0.2, 0) is 9.59 Å². The number of amides is 2. The molecule has 1 heterocycles. The van der Waals surface area contributed by atoms with Crippen molar-refractivity contribution in [1.29, 1.82) is 0 Å². The SMILES string of the molecule is Cc1cccc(NC(=O)CCN2C(=O)[C@H](C)Oc3ccccc32)c1C. The van der Waals surface area contributed by atoms with E-state index in [9.17, 15) is 9.59 Å². The van der Waals surface area contributed by atoms with E-state index >= 15 is 0 Å². The molecule has 1 aliphatic rings. The second kappa shape index (κ2) is 6.97. The van der Waals surface area contributed by atoms with Gasteiger partial charge < -0.3 is 15.0 Å². The number of aryl methyl sites for hydroxylation is 1. The van der Waals surface area contributed by atoms with Crippen molar-refractivity contribution in [3.8, 4) is 5.75 Å². The van der Waals surface area contributed by atoms with Gasteiger partial charge in [0.1, 0.15) is 5.75 Å². The van der Waals surface area contributed by atoms with Crippen molar-refractivity contribution in [3.63, 3.8) is 0 Å². The van der Waals surface area contributed by atoms with E-state index < -0.39 is 6.10 Å². The monoisotopic (exact) mass is 338 g/mol. The lowest BCUT2D eigenvalue weighted by molar-refractivity contribution is -0.125. The molecule has 25 heavy (non-hydrogen) atoms. The summed E-state index contributed by atoms with van der Waals surface area (Å²) in [4.78, 5) is 26.4. The van der Waals surface area contributed by atoms with E-state index in [0.29, 0.717) is 18.0 Å². The van der Waals surface area contributed by atoms with Crippen molar-refractivity contribution in [2.45, 2.75) is 33.3 Å². The molecule has 1 atom stereocenters. The molecule has 0 aromatic heterocycles. The Bertz CT molecular complexity index is 816. The molecular formula is C20H22N2O3. The number of rotatable bonds is 4. The summed E-state index contributed by atoms with van der Waals surface area (Å²) in [5.41, 5.74) is 3.71. The zero-order chi connectivity index (χ0) is 18.0. The summed E-state index contributed by atoms with van der Waals surface area (Å²) < 4.78 is 5.61. The van der Waals surface area contributed by atoms with Gasteiger partial charge in [0.05, 0.1) is 5.69 Å². The topological polar surface area (TPSA) is 58.6 Å². The first-order valence-electron chi connectivity index (χ1n) is 8.40. The van der Waals surface area contributed by atoms with Crippen LogP contribution < -0.4 is 15.0 Å². The minimum Gasteiger partial charge on any atom is -0.479 e. The Morgan fingerprint density at radius 2 is 1.92 bits per heavy atom. The summed E-state index contributed by atoms with van der Waals surface area (Å²) in [6.07, 6.45) is -0.322. The molecule has 130 valence electrons. The number of benzene rings is 2. The normalized spacial score (nSPS) is 16.2. The van der Waals surface area contributed by atoms with Gasteiger partial charge in [-0.15, -0.1) is 0 Å². The van der Waals surface area contributed by atoms with Crippen LogP contribution in [-0.4, -0.2) is 24.5 Å². The number of nitrogens with zero attached hydrogens (tertiary/aromatic N) is 1. The molecule has 5 heteroatoms. The second-order valence-electron chi connectivity index (χ2n) is 6.26. The molecule has 0 fully saturated rings. The smallest absolute Gasteiger partial charge is 0.267 e. The highest BCUT2D eigenvalue weighted by Gasteiger charge is 2.31. The average Bonchev–Trinajstić information content (AvgIpc) is 2.59. The summed E-state index contributed by atoms with van der Waals surface area (Å²) in [6.45, 7) is 6.03. The predicted molar refractivity (Wildman–Crippen MR) is 98.0 cm³/mol. The Kier molecular flexibility index (Phi) is 4.74. The number of hydrogen-bond donors (Lipinski definition) is 1. The van der Waals surface area contributed by atoms with Gasteiger partial charge in [0.15, 0.2) is 6.10 Å². The van der Waals surface area contributed by atoms with E-state index in [4.69, 9.17) is 4.74 Å². The molecule has 0 unspecified atom stereocenters. The Morgan fingerprint density at radius 1 is 1.16 bits per heavy atom. The molecule has 2 amide bonds. The van der Waals surface area contributed by atoms with Crippen LogP contribution in [0.1, 0.15) is 24.5 Å². The third-order valence-corrected chi connectivity index (χ3v) is 4.51. The third kappa shape index (κ3) is 3.50. The fraction of sp³-hybridized carbons (Fsp3) is 0.300. The van der Waals surface area contributed by atoms with Gasteiger partial charge in [0, 0.05) is 18.7 Å². The molecular weight excluding hydrogens is 316 g/mol. The number of fused-ring (bicyclic) bond motifs is 1. The number of anilines is 2. The highest BCUT2D eigenvalue weighted by Crippen LogP contribution is 2.33. The second-order valence-corrected chi connectivity index (χ2v) is 6.26. The Labute approximate surface area is 147 Å². The minimum absolute atomic E-state index is 0.113. The molecule has 0 saturated carbocycles. The standard InChI is InChI=1S/C20H22N2O3/c1-13-7-6-8-16(14(13)2)21-19(23)11-12-22-17-9-4-5-10-18(17)25-15(3)20(22)24/h4-10,15H,11-12H2,1-3H3,(H,21,23)/t15-/m0/s1. The molecule has 2 aromatic carbocycles. The van der Waals surface area contributed by atoms with Crippen LogP contribution in [0.25, 0.3) is 0 Å². The average molecular weight is 338 g/mol. The van der Waals surface area contributed by atoms with Gasteiger partial charge in [-0.05, 0) is 50.1 Å². The number of carbonyl (C=O) groups is 2. The molecule has 5 nitrogen and oxygen atoms in total. The lowest BCUT2D eigenvalue weighted by atomic mass is 10.1. The van der Waals surface area contributed by atoms with Crippen molar-refractivity contribution < 1.29 is 14.3 Å². The van der Waals surface area contributed by atoms with Crippen LogP contribution >= 0.6 is 0 Å². The molecule has 3 rings (SSSR count). The van der Waals surface area contributed by atoms with E-state index in [1.54, 1.807) is 11.8 Å². The van der Waals surface area contributed by atoms with Crippen molar-refractivity contribution in [1.82, 2.24) is 0 Å². The molecule has 0 radical (unpaired) electrons. The molecule has 2 aromatic rings. The summed E-state index contributed by atoms with van der Waals surface area (Å²) in [6, 6.07) is 13.2. The number of hydrogen-bond acceptors (Lipinski definition) is 3. The van der Waals surface area contributed by atoms with Crippen molar-refractivity contribution in [2.24, 2.45) is 0 Å². The molecule has 0 bridgehead atoms. The quantitative estimate of drug-likeness (QED) is 0.929. The maximum absolute atomic E-state index is 12.4. The molecule has 0 spiro atoms. The number of para-hydroxylation sites is 2. The van der Waals surface area contributed by atoms with E-state index in [-0.39, 0.29) is 18.2 Å². The number of carbonyl (C=O) groups excluding carboxylic acids is 2. The summed E-state index contributed by atoms with van der Waals surface area (Å²) in [5.74, 6) is 0.431. The zero-order valence-corrected chi connectivity index (χ0v) is 14.7. The predicted octanol–water partition coefficient (Wildman–Crippen LogP) is 3.45. The fourth-order valence-electron chi connectivity index (χ4n) is 2.90. The maximum atomic E-state index is 12.4. The largest absolute Gasteiger partial charge is 0.479 e. The highest BCUT2D eigenvalue weighted by atomic mass is 16.5. The lowest BCUT2D eigenvalue weighted by Crippen LogP contribution is -2.45. The first kappa shape index (κ1) is 17.0. The molecule has 1 aliphatic heterocycles. The molecule has 0 aliphatic carbocycles. The van der Waals surface area contributed by atoms with Gasteiger partial charge in [0.25, 0.3) is 5.91 Å². The van der Waals surface area contributed by atoms with Crippen LogP contribution in [0.5, 0.6) is 5.75 Å². The Morgan fingerprint density at radius 3 is 2.72 bits per heavy atom. The van der Waals surface area contributed by atoms with Gasteiger partial charge in [-0.1, -0.05) is 24.3 Å². The van der Waals surface area contributed by atoms with Crippen LogP contribution in [0.2, 0.25) is 0 Å². The molecule has 0 saturated heterocycles. The van der Waals surface area contributed by atoms with E-state index in [1.807, 2.05) is 56.3 Å². The fourth-order valence-corrected chi connectivity index (χ4v) is 2.90. The zero-order valence-electron chi connectivity index (χ0n) is 14.7. The summed E-state index contributed by atoms with van der Waals surface area (Å²) in [5, 5.41) is 2.93. The summed E-state index contributed by atoms with van der Waals surface area (Å²) in [7, 11) is 0. The van der Waals surface area contributed by atoms with Crippen LogP contribution in [0.4, 0.5) is 11.4 Å². The third-order valence-electron chi connectivity index (χ3n) is 4.51. The van der Waals surface area contributed by atoms with Gasteiger partial charge in [-0.2, -0.15) is 0 Å². The minimum atomic E-state index is -0.544. The summed E-state index contributed by atoms with van der Waals surface area (Å²) >= 11 is 0. The first-order chi connectivity index (χ1) is 12.0. The van der Waals surface area contributed by atoms with E-state index in [1.165, 1.54) is 0 Å². The number of nitrogens with one attached hydrogen (secondary N) is 1. The molecule has 1 N–H and O–H groups in total. The van der Waals surface area contributed by atoms with Crippen molar-refractivity contribution in [2.75, 3.05) is 16.8 Å². The lowest BCUT2D eigenvalue weighted by Gasteiger charge is -2.32. The number of ether oxygens (including phenoxy) is 1. The first-order valence-corrected chi connectivity index (χ1v) is 8.40. The van der Waals surface area contributed by atoms with E-state index in [0.717, 1.165) is 16.8 Å². The van der Waals surface area contributed by atoms with Crippen LogP contribution in [0.15, 0.2) is 42.5 Å². The maximum Gasteiger partial charge on any atom is 0.267 e. The van der Waals surface area contributed by atoms with Gasteiger partial charge in [-0.25, -0.2) is 0 Å².